The molecular weight excluding hydrogens is 1350 g/mol. The van der Waals surface area contributed by atoms with Gasteiger partial charge in [-0.25, -0.2) is 19.2 Å². The van der Waals surface area contributed by atoms with Crippen molar-refractivity contribution in [1.29, 1.82) is 0 Å². The number of epoxide rings is 1. The lowest BCUT2D eigenvalue weighted by Crippen LogP contribution is -2.45. The Morgan fingerprint density at radius 2 is 1.11 bits per heavy atom. The van der Waals surface area contributed by atoms with Gasteiger partial charge in [-0.3, -0.25) is 4.79 Å². The molecule has 570 valence electrons. The number of carbonyl (C=O) groups is 5. The van der Waals surface area contributed by atoms with Crippen LogP contribution < -0.4 is 14.2 Å². The van der Waals surface area contributed by atoms with Crippen LogP contribution in [0.25, 0.3) is 10.8 Å². The Kier molecular flexibility index (Phi) is 32.2. The molecule has 0 spiro atoms. The molecule has 2 heterocycles. The molecule has 10 rings (SSSR count). The maximum atomic E-state index is 13.8. The monoisotopic (exact) mass is 1460 g/mol. The topological polar surface area (TPSA) is 233 Å². The lowest BCUT2D eigenvalue weighted by Gasteiger charge is -2.40. The minimum atomic E-state index is -1.16. The van der Waals surface area contributed by atoms with Crippen LogP contribution in [0, 0.1) is 17.3 Å². The van der Waals surface area contributed by atoms with Crippen LogP contribution in [0.15, 0.2) is 138 Å². The van der Waals surface area contributed by atoms with Gasteiger partial charge in [-0.05, 0) is 195 Å². The number of fused-ring (bicyclic) bond motifs is 2. The molecule has 106 heavy (non-hydrogen) atoms. The molecule has 20 nitrogen and oxygen atoms in total. The fourth-order valence-corrected chi connectivity index (χ4v) is 13.5. The summed E-state index contributed by atoms with van der Waals surface area (Å²) in [6.07, 6.45) is 22.5. The second-order valence-electron chi connectivity index (χ2n) is 28.6. The SMILES string of the molecule is CCCCCC1CCC(OCC(COC(=O)c2ccc3cc(OCCCOCC4CCC5OC5C4)ccc3c2)OC(=O)c2ccc(/C=N/N=C/c3ccc(C(=O)OC(COC(=O)CCc4ccc(CCC)cc4)COC(=O)c4ccc(OCCCCCCOCC5(CC)COC5)c(OC)c4)cc3)cc2)CC1. The third-order valence-corrected chi connectivity index (χ3v) is 20.3. The van der Waals surface area contributed by atoms with E-state index >= 15 is 0 Å². The van der Waals surface area contributed by atoms with E-state index in [2.05, 4.69) is 43.1 Å². The van der Waals surface area contributed by atoms with Gasteiger partial charge >= 0.3 is 29.8 Å². The zero-order chi connectivity index (χ0) is 74.1. The number of hydrogen-bond donors (Lipinski definition) is 0. The van der Waals surface area contributed by atoms with Crippen LogP contribution in [0.4, 0.5) is 0 Å². The predicted octanol–water partition coefficient (Wildman–Crippen LogP) is 16.1. The molecular formula is C86H108N2O18. The molecule has 4 fully saturated rings. The quantitative estimate of drug-likeness (QED) is 0.00863. The minimum absolute atomic E-state index is 0.0174. The molecule has 0 N–H and O–H groups in total. The number of rotatable bonds is 46. The number of hydrogen-bond acceptors (Lipinski definition) is 20. The van der Waals surface area contributed by atoms with Crippen molar-refractivity contribution >= 4 is 53.0 Å². The molecule has 2 aliphatic heterocycles. The van der Waals surface area contributed by atoms with Crippen LogP contribution in [0.2, 0.25) is 0 Å². The smallest absolute Gasteiger partial charge is 0.338 e. The first kappa shape index (κ1) is 80.0. The maximum absolute atomic E-state index is 13.8. The summed E-state index contributed by atoms with van der Waals surface area (Å²) >= 11 is 0. The van der Waals surface area contributed by atoms with Crippen molar-refractivity contribution in [2.75, 3.05) is 86.4 Å². The Labute approximate surface area is 624 Å². The number of aryl methyl sites for hydroxylation is 2. The molecule has 0 aromatic heterocycles. The lowest BCUT2D eigenvalue weighted by molar-refractivity contribution is -0.150. The van der Waals surface area contributed by atoms with Gasteiger partial charge < -0.3 is 61.6 Å². The first-order chi connectivity index (χ1) is 51.8. The number of ether oxygens (including phenoxy) is 13. The number of unbranched alkanes of at least 4 members (excludes halogenated alkanes) is 5. The predicted molar refractivity (Wildman–Crippen MR) is 405 cm³/mol. The summed E-state index contributed by atoms with van der Waals surface area (Å²) in [6.45, 7) is 11.0. The van der Waals surface area contributed by atoms with Crippen molar-refractivity contribution < 1.29 is 85.6 Å². The summed E-state index contributed by atoms with van der Waals surface area (Å²) < 4.78 is 76.0. The Morgan fingerprint density at radius 1 is 0.519 bits per heavy atom. The van der Waals surface area contributed by atoms with Gasteiger partial charge in [-0.2, -0.15) is 10.2 Å². The van der Waals surface area contributed by atoms with Gasteiger partial charge in [0.2, 0.25) is 0 Å². The van der Waals surface area contributed by atoms with E-state index in [1.54, 1.807) is 72.8 Å². The molecule has 0 radical (unpaired) electrons. The fourth-order valence-electron chi connectivity index (χ4n) is 13.5. The Hall–Kier alpha value is -8.53. The highest BCUT2D eigenvalue weighted by molar-refractivity contribution is 5.96. The van der Waals surface area contributed by atoms with Crippen LogP contribution in [-0.4, -0.2) is 159 Å². The van der Waals surface area contributed by atoms with Crippen LogP contribution in [-0.2, 0) is 65.0 Å². The number of carbonyl (C=O) groups excluding carboxylic acids is 5. The molecule has 2 saturated carbocycles. The van der Waals surface area contributed by atoms with Gasteiger partial charge in [-0.15, -0.1) is 0 Å². The highest BCUT2D eigenvalue weighted by Crippen LogP contribution is 2.40. The largest absolute Gasteiger partial charge is 0.493 e. The van der Waals surface area contributed by atoms with E-state index in [-0.39, 0.29) is 54.5 Å². The zero-order valence-electron chi connectivity index (χ0n) is 62.4. The lowest BCUT2D eigenvalue weighted by atomic mass is 9.84. The Bertz CT molecular complexity index is 3770. The van der Waals surface area contributed by atoms with E-state index in [9.17, 15) is 24.0 Å². The summed E-state index contributed by atoms with van der Waals surface area (Å²) in [6, 6.07) is 37.2. The van der Waals surface area contributed by atoms with E-state index in [0.29, 0.717) is 78.5 Å². The standard InChI is InChI=1S/C86H108N2O18/c1-5-8-11-16-62-25-37-73(38-26-62)100-54-75(56-102-82(90)71-34-33-70-49-74(39-35-69(70)48-71)98-46-14-44-95-53-66-27-40-78-80(47-66)106-78)104-84(92)67-29-21-64(22-30-67)51-87-88-52-65-23-31-68(32-24-65)85(93)105-76(55-101-81(89)42-28-63-19-17-61(15-6-2)18-20-63)57-103-83(91)72-36-41-77(79(50-72)94-4)99-45-13-10-9-12-43-96-58-86(7-3)59-97-60-86/h17-24,29-36,39,41,48-52,62,66,73,75-76,78,80H,5-16,25-28,37-38,40,42-47,53-60H2,1-4H3/b87-51+,88-52+. The molecule has 5 unspecified atom stereocenters. The van der Waals surface area contributed by atoms with Gasteiger partial charge in [0.15, 0.2) is 23.7 Å². The van der Waals surface area contributed by atoms with Crippen LogP contribution in [0.3, 0.4) is 0 Å². The number of benzene rings is 6. The molecule has 20 heteroatoms. The van der Waals surface area contributed by atoms with Crippen LogP contribution in [0.5, 0.6) is 17.2 Å². The average molecular weight is 1460 g/mol. The maximum Gasteiger partial charge on any atom is 0.338 e. The van der Waals surface area contributed by atoms with Crippen molar-refractivity contribution in [1.82, 2.24) is 0 Å². The normalized spacial score (nSPS) is 18.6. The van der Waals surface area contributed by atoms with Gasteiger partial charge in [-0.1, -0.05) is 120 Å². The van der Waals surface area contributed by atoms with E-state index in [1.165, 1.54) is 63.3 Å². The summed E-state index contributed by atoms with van der Waals surface area (Å²) in [5, 5.41) is 10.2. The molecule has 0 amide bonds. The van der Waals surface area contributed by atoms with E-state index in [0.717, 1.165) is 145 Å². The van der Waals surface area contributed by atoms with Gasteiger partial charge in [0.25, 0.3) is 0 Å². The first-order valence-electron chi connectivity index (χ1n) is 38.6. The number of methoxy groups -OCH3 is 1. The third-order valence-electron chi connectivity index (χ3n) is 20.3. The molecule has 4 aliphatic rings. The fraction of sp³-hybridized carbons (Fsp3) is 0.523. The van der Waals surface area contributed by atoms with Gasteiger partial charge in [0.1, 0.15) is 25.6 Å². The van der Waals surface area contributed by atoms with Crippen molar-refractivity contribution in [3.63, 3.8) is 0 Å². The first-order valence-corrected chi connectivity index (χ1v) is 38.6. The number of esters is 5. The van der Waals surface area contributed by atoms with Gasteiger partial charge in [0, 0.05) is 38.1 Å². The number of nitrogens with zero attached hydrogens (tertiary/aromatic N) is 2. The highest BCUT2D eigenvalue weighted by atomic mass is 16.6. The Balaban J connectivity index is 0.685. The molecule has 5 atom stereocenters. The van der Waals surface area contributed by atoms with Crippen molar-refractivity contribution in [3.05, 3.63) is 172 Å². The van der Waals surface area contributed by atoms with Crippen molar-refractivity contribution in [2.24, 2.45) is 27.5 Å². The van der Waals surface area contributed by atoms with E-state index in [1.807, 2.05) is 36.4 Å². The third kappa shape index (κ3) is 26.2. The Morgan fingerprint density at radius 3 is 1.75 bits per heavy atom. The van der Waals surface area contributed by atoms with E-state index in [4.69, 9.17) is 61.6 Å². The zero-order valence-corrected chi connectivity index (χ0v) is 62.4. The molecule has 2 aliphatic carbocycles. The summed E-state index contributed by atoms with van der Waals surface area (Å²) in [5.74, 6) is -0.244. The molecule has 0 bridgehead atoms. The second-order valence-corrected chi connectivity index (χ2v) is 28.6. The molecule has 6 aromatic carbocycles. The second kappa shape index (κ2) is 42.7. The summed E-state index contributed by atoms with van der Waals surface area (Å²) in [7, 11) is 1.49. The average Bonchev–Trinajstić information content (AvgIpc) is 1.31. The van der Waals surface area contributed by atoms with E-state index < -0.39 is 48.7 Å². The van der Waals surface area contributed by atoms with Crippen molar-refractivity contribution in [2.45, 2.75) is 186 Å². The minimum Gasteiger partial charge on any atom is -0.493 e. The molecule has 2 saturated heterocycles. The van der Waals surface area contributed by atoms with Crippen molar-refractivity contribution in [3.8, 4) is 17.2 Å². The van der Waals surface area contributed by atoms with Gasteiger partial charge in [0.05, 0.1) is 99.7 Å². The molecule has 6 aromatic rings. The highest BCUT2D eigenvalue weighted by Gasteiger charge is 2.44. The summed E-state index contributed by atoms with van der Waals surface area (Å²) in [5.41, 5.74) is 4.69. The summed E-state index contributed by atoms with van der Waals surface area (Å²) in [4.78, 5) is 67.7. The van der Waals surface area contributed by atoms with Crippen LogP contribution in [0.1, 0.15) is 206 Å². The van der Waals surface area contributed by atoms with Crippen LogP contribution >= 0.6 is 0 Å².